The van der Waals surface area contributed by atoms with Crippen LogP contribution in [0.15, 0.2) is 24.3 Å². The van der Waals surface area contributed by atoms with Gasteiger partial charge in [-0.05, 0) is 55.2 Å². The van der Waals surface area contributed by atoms with Gasteiger partial charge in [0.1, 0.15) is 5.75 Å². The summed E-state index contributed by atoms with van der Waals surface area (Å²) in [4.78, 5) is 30.4. The molecule has 5 atom stereocenters. The largest absolute Gasteiger partial charge is 0.497 e. The number of amides is 2. The van der Waals surface area contributed by atoms with Crippen LogP contribution in [-0.4, -0.2) is 53.9 Å². The van der Waals surface area contributed by atoms with Gasteiger partial charge in [0, 0.05) is 31.6 Å². The van der Waals surface area contributed by atoms with Crippen LogP contribution in [-0.2, 0) is 9.59 Å². The first-order valence-electron chi connectivity index (χ1n) is 10.6. The summed E-state index contributed by atoms with van der Waals surface area (Å²) in [6, 6.07) is 8.17. The fraction of sp³-hybridized carbons (Fsp3) is 0.636. The summed E-state index contributed by atoms with van der Waals surface area (Å²) < 4.78 is 5.40. The van der Waals surface area contributed by atoms with E-state index < -0.39 is 0 Å². The second-order valence-corrected chi connectivity index (χ2v) is 8.97. The van der Waals surface area contributed by atoms with Gasteiger partial charge in [0.25, 0.3) is 0 Å². The minimum absolute atomic E-state index is 0.116. The van der Waals surface area contributed by atoms with E-state index in [0.717, 1.165) is 50.1 Å². The number of nitrogens with two attached hydrogens (primary N) is 1. The maximum Gasteiger partial charge on any atom is 0.228 e. The van der Waals surface area contributed by atoms with Crippen molar-refractivity contribution in [2.24, 2.45) is 23.5 Å². The lowest BCUT2D eigenvalue weighted by Crippen LogP contribution is -2.39. The third-order valence-electron chi connectivity index (χ3n) is 7.28. The predicted octanol–water partition coefficient (Wildman–Crippen LogP) is 1.94. The molecule has 2 N–H and O–H groups in total. The molecular formula is C22H29N3O3. The maximum absolute atomic E-state index is 13.5. The molecule has 4 aliphatic rings. The molecule has 1 aromatic rings. The SMILES string of the molecule is COc1cccc(C2C(C(=O)N3CC4CCC(N)C4C3)CC(=O)N2C2CC2)c1. The average Bonchev–Trinajstić information content (AvgIpc) is 3.21. The van der Waals surface area contributed by atoms with Crippen LogP contribution in [0.4, 0.5) is 0 Å². The minimum Gasteiger partial charge on any atom is -0.497 e. The number of rotatable bonds is 4. The maximum atomic E-state index is 13.5. The van der Waals surface area contributed by atoms with Crippen LogP contribution < -0.4 is 10.5 Å². The van der Waals surface area contributed by atoms with Gasteiger partial charge in [-0.25, -0.2) is 0 Å². The van der Waals surface area contributed by atoms with Gasteiger partial charge in [0.05, 0.1) is 19.1 Å². The van der Waals surface area contributed by atoms with E-state index in [1.54, 1.807) is 7.11 Å². The molecular weight excluding hydrogens is 354 g/mol. The molecule has 0 aromatic heterocycles. The molecule has 5 rings (SSSR count). The van der Waals surface area contributed by atoms with Crippen LogP contribution in [0.25, 0.3) is 0 Å². The van der Waals surface area contributed by atoms with Crippen LogP contribution in [0.5, 0.6) is 5.75 Å². The summed E-state index contributed by atoms with van der Waals surface area (Å²) in [6.07, 6.45) is 4.58. The van der Waals surface area contributed by atoms with Crippen molar-refractivity contribution in [3.8, 4) is 5.75 Å². The van der Waals surface area contributed by atoms with E-state index >= 15 is 0 Å². The van der Waals surface area contributed by atoms with Gasteiger partial charge in [0.2, 0.25) is 11.8 Å². The van der Waals surface area contributed by atoms with Crippen molar-refractivity contribution in [3.05, 3.63) is 29.8 Å². The highest BCUT2D eigenvalue weighted by Gasteiger charge is 2.52. The molecule has 0 bridgehead atoms. The van der Waals surface area contributed by atoms with Crippen molar-refractivity contribution in [2.45, 2.75) is 50.2 Å². The van der Waals surface area contributed by atoms with Crippen molar-refractivity contribution < 1.29 is 14.3 Å². The van der Waals surface area contributed by atoms with Gasteiger partial charge in [-0.3, -0.25) is 9.59 Å². The number of likely N-dealkylation sites (tertiary alicyclic amines) is 2. The van der Waals surface area contributed by atoms with Gasteiger partial charge in [0.15, 0.2) is 0 Å². The van der Waals surface area contributed by atoms with E-state index in [9.17, 15) is 9.59 Å². The Kier molecular flexibility index (Phi) is 4.34. The van der Waals surface area contributed by atoms with E-state index in [2.05, 4.69) is 0 Å². The Morgan fingerprint density at radius 3 is 2.71 bits per heavy atom. The molecule has 5 unspecified atom stereocenters. The number of benzene rings is 1. The number of carbonyl (C=O) groups is 2. The Morgan fingerprint density at radius 1 is 1.18 bits per heavy atom. The van der Waals surface area contributed by atoms with Crippen molar-refractivity contribution in [3.63, 3.8) is 0 Å². The smallest absolute Gasteiger partial charge is 0.228 e. The predicted molar refractivity (Wildman–Crippen MR) is 104 cm³/mol. The summed E-state index contributed by atoms with van der Waals surface area (Å²) in [5.41, 5.74) is 7.27. The Hall–Kier alpha value is -2.08. The molecule has 2 aliphatic heterocycles. The highest BCUT2D eigenvalue weighted by Crippen LogP contribution is 2.47. The third kappa shape index (κ3) is 2.89. The Bertz CT molecular complexity index is 793. The van der Waals surface area contributed by atoms with Crippen LogP contribution >= 0.6 is 0 Å². The van der Waals surface area contributed by atoms with Crippen molar-refractivity contribution in [1.29, 1.82) is 0 Å². The lowest BCUT2D eigenvalue weighted by molar-refractivity contribution is -0.135. The van der Waals surface area contributed by atoms with Gasteiger partial charge < -0.3 is 20.3 Å². The fourth-order valence-corrected chi connectivity index (χ4v) is 5.70. The first-order chi connectivity index (χ1) is 13.6. The molecule has 0 spiro atoms. The number of ether oxygens (including phenoxy) is 1. The van der Waals surface area contributed by atoms with Crippen LogP contribution in [0.3, 0.4) is 0 Å². The van der Waals surface area contributed by atoms with E-state index in [1.807, 2.05) is 34.1 Å². The van der Waals surface area contributed by atoms with Crippen LogP contribution in [0.2, 0.25) is 0 Å². The second kappa shape index (κ2) is 6.76. The molecule has 2 aliphatic carbocycles. The highest BCUT2D eigenvalue weighted by molar-refractivity contribution is 5.91. The highest BCUT2D eigenvalue weighted by atomic mass is 16.5. The van der Waals surface area contributed by atoms with Crippen molar-refractivity contribution in [1.82, 2.24) is 9.80 Å². The van der Waals surface area contributed by atoms with E-state index in [-0.39, 0.29) is 35.9 Å². The number of nitrogens with zero attached hydrogens (tertiary/aromatic N) is 2. The normalized spacial score (nSPS) is 34.8. The lowest BCUT2D eigenvalue weighted by atomic mass is 9.92. The standard InChI is InChI=1S/C22H29N3O3/c1-28-16-4-2-3-13(9-16)21-17(10-20(26)25(21)15-6-7-15)22(27)24-11-14-5-8-19(23)18(14)12-24/h2-4,9,14-15,17-19,21H,5-8,10-12,23H2,1H3. The molecule has 1 aromatic carbocycles. The fourth-order valence-electron chi connectivity index (χ4n) is 5.70. The van der Waals surface area contributed by atoms with E-state index in [0.29, 0.717) is 18.3 Å². The molecule has 4 fully saturated rings. The number of carbonyl (C=O) groups excluding carboxylic acids is 2. The summed E-state index contributed by atoms with van der Waals surface area (Å²) in [7, 11) is 1.65. The molecule has 150 valence electrons. The number of fused-ring (bicyclic) bond motifs is 1. The first-order valence-corrected chi connectivity index (χ1v) is 10.6. The molecule has 2 heterocycles. The molecule has 6 nitrogen and oxygen atoms in total. The lowest BCUT2D eigenvalue weighted by Gasteiger charge is -2.31. The van der Waals surface area contributed by atoms with Gasteiger partial charge in [-0.1, -0.05) is 12.1 Å². The Labute approximate surface area is 166 Å². The van der Waals surface area contributed by atoms with Gasteiger partial charge in [-0.15, -0.1) is 0 Å². The Balaban J connectivity index is 1.43. The Morgan fingerprint density at radius 2 is 2.00 bits per heavy atom. The van der Waals surface area contributed by atoms with Crippen molar-refractivity contribution >= 4 is 11.8 Å². The van der Waals surface area contributed by atoms with Crippen LogP contribution in [0, 0.1) is 17.8 Å². The van der Waals surface area contributed by atoms with Crippen molar-refractivity contribution in [2.75, 3.05) is 20.2 Å². The summed E-state index contributed by atoms with van der Waals surface area (Å²) in [5, 5.41) is 0. The third-order valence-corrected chi connectivity index (χ3v) is 7.28. The topological polar surface area (TPSA) is 75.9 Å². The number of hydrogen-bond acceptors (Lipinski definition) is 4. The quantitative estimate of drug-likeness (QED) is 0.862. The second-order valence-electron chi connectivity index (χ2n) is 8.97. The number of hydrogen-bond donors (Lipinski definition) is 1. The molecule has 2 saturated carbocycles. The summed E-state index contributed by atoms with van der Waals surface area (Å²) in [5.74, 6) is 1.66. The van der Waals surface area contributed by atoms with E-state index in [1.165, 1.54) is 0 Å². The molecule has 6 heteroatoms. The molecule has 0 radical (unpaired) electrons. The summed E-state index contributed by atoms with van der Waals surface area (Å²) in [6.45, 7) is 1.56. The zero-order valence-electron chi connectivity index (χ0n) is 16.4. The first kappa shape index (κ1) is 18.0. The summed E-state index contributed by atoms with van der Waals surface area (Å²) >= 11 is 0. The zero-order valence-corrected chi connectivity index (χ0v) is 16.4. The average molecular weight is 383 g/mol. The minimum atomic E-state index is -0.310. The van der Waals surface area contributed by atoms with Gasteiger partial charge >= 0.3 is 0 Å². The molecule has 2 amide bonds. The zero-order chi connectivity index (χ0) is 19.4. The monoisotopic (exact) mass is 383 g/mol. The molecule has 28 heavy (non-hydrogen) atoms. The van der Waals surface area contributed by atoms with E-state index in [4.69, 9.17) is 10.5 Å². The molecule has 2 saturated heterocycles. The van der Waals surface area contributed by atoms with Crippen LogP contribution in [0.1, 0.15) is 43.7 Å². The number of methoxy groups -OCH3 is 1. The van der Waals surface area contributed by atoms with Gasteiger partial charge in [-0.2, -0.15) is 0 Å².